The third kappa shape index (κ3) is 4.27. The molecule has 0 unspecified atom stereocenters. The number of hydrogen-bond acceptors (Lipinski definition) is 6. The first kappa shape index (κ1) is 21.7. The van der Waals surface area contributed by atoms with Crippen molar-refractivity contribution >= 4 is 40.8 Å². The van der Waals surface area contributed by atoms with Crippen LogP contribution in [0, 0.1) is 6.92 Å². The molecular weight excluding hydrogens is 431 g/mol. The van der Waals surface area contributed by atoms with Crippen molar-refractivity contribution in [3.63, 3.8) is 0 Å². The van der Waals surface area contributed by atoms with Gasteiger partial charge in [0.25, 0.3) is 5.91 Å². The van der Waals surface area contributed by atoms with E-state index in [9.17, 15) is 9.59 Å². The second kappa shape index (κ2) is 9.19. The fourth-order valence-electron chi connectivity index (χ4n) is 2.85. The van der Waals surface area contributed by atoms with E-state index in [4.69, 9.17) is 37.2 Å². The molecule has 1 N–H and O–H groups in total. The molecule has 0 fully saturated rings. The van der Waals surface area contributed by atoms with Gasteiger partial charge in [0, 0.05) is 11.6 Å². The van der Waals surface area contributed by atoms with Crippen molar-refractivity contribution in [3.8, 4) is 17.0 Å². The van der Waals surface area contributed by atoms with Gasteiger partial charge in [-0.05, 0) is 26.0 Å². The number of aromatic nitrogens is 1. The number of methoxy groups -OCH3 is 1. The topological polar surface area (TPSA) is 90.7 Å². The molecule has 0 saturated heterocycles. The number of amides is 1. The number of benzene rings is 2. The van der Waals surface area contributed by atoms with Gasteiger partial charge in [-0.15, -0.1) is 0 Å². The second-order valence-electron chi connectivity index (χ2n) is 6.15. The van der Waals surface area contributed by atoms with Crippen molar-refractivity contribution in [3.05, 3.63) is 63.3 Å². The van der Waals surface area contributed by atoms with Gasteiger partial charge in [0.1, 0.15) is 28.3 Å². The second-order valence-corrected chi connectivity index (χ2v) is 6.96. The highest BCUT2D eigenvalue weighted by Gasteiger charge is 2.25. The lowest BCUT2D eigenvalue weighted by Crippen LogP contribution is -2.15. The molecule has 0 spiro atoms. The van der Waals surface area contributed by atoms with Crippen LogP contribution in [-0.4, -0.2) is 30.7 Å². The summed E-state index contributed by atoms with van der Waals surface area (Å²) in [6, 6.07) is 9.81. The Morgan fingerprint density at radius 3 is 2.57 bits per heavy atom. The zero-order valence-electron chi connectivity index (χ0n) is 16.4. The predicted octanol–water partition coefficient (Wildman–Crippen LogP) is 5.39. The van der Waals surface area contributed by atoms with E-state index in [-0.39, 0.29) is 34.2 Å². The maximum Gasteiger partial charge on any atom is 0.341 e. The average molecular weight is 449 g/mol. The van der Waals surface area contributed by atoms with Crippen LogP contribution in [0.15, 0.2) is 40.9 Å². The smallest absolute Gasteiger partial charge is 0.341 e. The Morgan fingerprint density at radius 2 is 1.90 bits per heavy atom. The van der Waals surface area contributed by atoms with Crippen LogP contribution in [-0.2, 0) is 4.74 Å². The highest BCUT2D eigenvalue weighted by molar-refractivity contribution is 6.35. The third-order valence-electron chi connectivity index (χ3n) is 4.25. The molecule has 3 rings (SSSR count). The van der Waals surface area contributed by atoms with Gasteiger partial charge in [-0.2, -0.15) is 0 Å². The van der Waals surface area contributed by atoms with Gasteiger partial charge in [-0.3, -0.25) is 4.79 Å². The summed E-state index contributed by atoms with van der Waals surface area (Å²) in [5.74, 6) is -0.559. The van der Waals surface area contributed by atoms with E-state index in [0.717, 1.165) is 0 Å². The van der Waals surface area contributed by atoms with Gasteiger partial charge in [-0.25, -0.2) is 4.79 Å². The molecule has 7 nitrogen and oxygen atoms in total. The maximum absolute atomic E-state index is 13.0. The number of halogens is 2. The van der Waals surface area contributed by atoms with Crippen molar-refractivity contribution in [2.24, 2.45) is 0 Å². The van der Waals surface area contributed by atoms with Crippen LogP contribution in [0.1, 0.15) is 33.4 Å². The number of anilines is 1. The highest BCUT2D eigenvalue weighted by atomic mass is 35.5. The summed E-state index contributed by atoms with van der Waals surface area (Å²) in [4.78, 5) is 25.1. The molecule has 30 heavy (non-hydrogen) atoms. The minimum Gasteiger partial charge on any atom is -0.496 e. The lowest BCUT2D eigenvalue weighted by Gasteiger charge is -2.13. The number of nitrogens with one attached hydrogen (secondary N) is 1. The number of nitrogens with zero attached hydrogens (tertiary/aromatic N) is 1. The minimum absolute atomic E-state index is 0.139. The predicted molar refractivity (Wildman–Crippen MR) is 114 cm³/mol. The van der Waals surface area contributed by atoms with Crippen LogP contribution in [0.2, 0.25) is 10.0 Å². The van der Waals surface area contributed by atoms with E-state index in [2.05, 4.69) is 10.5 Å². The molecule has 0 atom stereocenters. The third-order valence-corrected chi connectivity index (χ3v) is 4.89. The van der Waals surface area contributed by atoms with Crippen LogP contribution in [0.4, 0.5) is 5.69 Å². The number of carbonyl (C=O) groups is 2. The van der Waals surface area contributed by atoms with Crippen LogP contribution >= 0.6 is 23.2 Å². The first-order valence-electron chi connectivity index (χ1n) is 8.94. The molecule has 0 radical (unpaired) electrons. The Labute approximate surface area is 182 Å². The molecule has 0 aliphatic heterocycles. The Balaban J connectivity index is 1.97. The lowest BCUT2D eigenvalue weighted by molar-refractivity contribution is 0.0522. The van der Waals surface area contributed by atoms with Gasteiger partial charge in [0.2, 0.25) is 0 Å². The van der Waals surface area contributed by atoms with E-state index in [1.807, 2.05) is 0 Å². The minimum atomic E-state index is -0.579. The average Bonchev–Trinajstić information content (AvgIpc) is 3.11. The summed E-state index contributed by atoms with van der Waals surface area (Å²) in [5.41, 5.74) is 1.48. The Kier molecular flexibility index (Phi) is 6.64. The number of esters is 1. The van der Waals surface area contributed by atoms with E-state index >= 15 is 0 Å². The van der Waals surface area contributed by atoms with E-state index in [0.29, 0.717) is 22.0 Å². The molecule has 0 aliphatic rings. The molecule has 9 heteroatoms. The monoisotopic (exact) mass is 448 g/mol. The first-order valence-corrected chi connectivity index (χ1v) is 9.70. The molecular formula is C21H18Cl2N2O5. The molecule has 0 bridgehead atoms. The van der Waals surface area contributed by atoms with Gasteiger partial charge in [0.05, 0.1) is 29.4 Å². The molecule has 0 saturated carbocycles. The first-order chi connectivity index (χ1) is 14.4. The van der Waals surface area contributed by atoms with Crippen molar-refractivity contribution in [2.75, 3.05) is 19.0 Å². The van der Waals surface area contributed by atoms with Crippen LogP contribution in [0.3, 0.4) is 0 Å². The zero-order chi connectivity index (χ0) is 21.8. The number of ether oxygens (including phenoxy) is 2. The van der Waals surface area contributed by atoms with Crippen LogP contribution in [0.5, 0.6) is 5.75 Å². The van der Waals surface area contributed by atoms with E-state index in [1.165, 1.54) is 19.2 Å². The largest absolute Gasteiger partial charge is 0.496 e. The zero-order valence-corrected chi connectivity index (χ0v) is 17.9. The fourth-order valence-corrected chi connectivity index (χ4v) is 3.28. The molecule has 0 aliphatic carbocycles. The molecule has 156 valence electrons. The van der Waals surface area contributed by atoms with Crippen LogP contribution in [0.25, 0.3) is 11.3 Å². The summed E-state index contributed by atoms with van der Waals surface area (Å²) < 4.78 is 15.5. The van der Waals surface area contributed by atoms with Gasteiger partial charge in [0.15, 0.2) is 0 Å². The van der Waals surface area contributed by atoms with E-state index in [1.54, 1.807) is 38.1 Å². The lowest BCUT2D eigenvalue weighted by atomic mass is 10.1. The molecule has 1 amide bonds. The molecule has 1 aromatic heterocycles. The van der Waals surface area contributed by atoms with Crippen molar-refractivity contribution in [2.45, 2.75) is 13.8 Å². The molecule has 2 aromatic carbocycles. The van der Waals surface area contributed by atoms with Crippen molar-refractivity contribution < 1.29 is 23.6 Å². The number of aryl methyl sites for hydroxylation is 1. The SMILES string of the molecule is CCOC(=O)c1cc(Cl)c(NC(=O)c2c(-c3ccccc3Cl)noc2C)cc1OC. The van der Waals surface area contributed by atoms with Gasteiger partial charge >= 0.3 is 5.97 Å². The summed E-state index contributed by atoms with van der Waals surface area (Å²) in [7, 11) is 1.40. The number of carbonyl (C=O) groups excluding carboxylic acids is 2. The number of hydrogen-bond donors (Lipinski definition) is 1. The Bertz CT molecular complexity index is 1110. The number of rotatable bonds is 6. The highest BCUT2D eigenvalue weighted by Crippen LogP contribution is 2.34. The summed E-state index contributed by atoms with van der Waals surface area (Å²) >= 11 is 12.5. The van der Waals surface area contributed by atoms with E-state index < -0.39 is 11.9 Å². The van der Waals surface area contributed by atoms with Gasteiger partial charge in [-0.1, -0.05) is 46.6 Å². The summed E-state index contributed by atoms with van der Waals surface area (Å²) in [5, 5.41) is 7.26. The van der Waals surface area contributed by atoms with Crippen molar-refractivity contribution in [1.29, 1.82) is 0 Å². The Morgan fingerprint density at radius 1 is 1.17 bits per heavy atom. The van der Waals surface area contributed by atoms with Gasteiger partial charge < -0.3 is 19.3 Å². The summed E-state index contributed by atoms with van der Waals surface area (Å²) in [6.07, 6.45) is 0. The quantitative estimate of drug-likeness (QED) is 0.507. The molecule has 3 aromatic rings. The summed E-state index contributed by atoms with van der Waals surface area (Å²) in [6.45, 7) is 3.52. The van der Waals surface area contributed by atoms with Crippen LogP contribution < -0.4 is 10.1 Å². The molecule has 1 heterocycles. The fraction of sp³-hybridized carbons (Fsp3) is 0.190. The Hall–Kier alpha value is -3.03. The standard InChI is InChI=1S/C21H18Cl2N2O5/c1-4-29-21(27)13-9-15(23)16(10-17(13)28-3)24-20(26)18-11(2)30-25-19(18)12-7-5-6-8-14(12)22/h5-10H,4H2,1-3H3,(H,24,26). The van der Waals surface area contributed by atoms with Crippen molar-refractivity contribution in [1.82, 2.24) is 5.16 Å². The maximum atomic E-state index is 13.0. The normalized spacial score (nSPS) is 10.6.